The smallest absolute Gasteiger partial charge is 0.163 e. The monoisotopic (exact) mass is 309 g/mol. The molecule has 3 nitrogen and oxygen atoms in total. The zero-order valence-electron chi connectivity index (χ0n) is 12.3. The number of anilines is 1. The van der Waals surface area contributed by atoms with E-state index >= 15 is 0 Å². The summed E-state index contributed by atoms with van der Waals surface area (Å²) in [5.74, 6) is 1.35. The van der Waals surface area contributed by atoms with Crippen LogP contribution in [0.3, 0.4) is 0 Å². The van der Waals surface area contributed by atoms with Gasteiger partial charge in [-0.2, -0.15) is 0 Å². The highest BCUT2D eigenvalue weighted by atomic mass is 35.5. The van der Waals surface area contributed by atoms with Crippen LogP contribution in [0.5, 0.6) is 0 Å². The van der Waals surface area contributed by atoms with E-state index in [1.54, 1.807) is 6.07 Å². The van der Waals surface area contributed by atoms with Crippen molar-refractivity contribution in [3.05, 3.63) is 76.9 Å². The molecular weight excluding hydrogens is 294 g/mol. The molecule has 0 spiro atoms. The molecule has 1 heterocycles. The van der Waals surface area contributed by atoms with E-state index in [1.807, 2.05) is 30.3 Å². The van der Waals surface area contributed by atoms with Crippen molar-refractivity contribution in [2.75, 3.05) is 5.32 Å². The molecule has 110 valence electrons. The fourth-order valence-corrected chi connectivity index (χ4v) is 2.31. The normalized spacial score (nSPS) is 10.5. The van der Waals surface area contributed by atoms with Crippen LogP contribution in [0.1, 0.15) is 11.1 Å². The number of aromatic nitrogens is 2. The van der Waals surface area contributed by atoms with Crippen LogP contribution in [0.4, 0.5) is 5.82 Å². The Morgan fingerprint density at radius 1 is 0.955 bits per heavy atom. The number of rotatable bonds is 4. The van der Waals surface area contributed by atoms with E-state index < -0.39 is 0 Å². The lowest BCUT2D eigenvalue weighted by Crippen LogP contribution is -2.03. The third kappa shape index (κ3) is 3.62. The molecule has 0 fully saturated rings. The molecule has 1 aromatic heterocycles. The standard InChI is InChI=1S/C18H16ClN3/c1-13-7-9-14(10-8-13)12-20-17-11-16(19)21-18(22-17)15-5-3-2-4-6-15/h2-11H,12H2,1H3,(H,20,21,22). The van der Waals surface area contributed by atoms with Crippen molar-refractivity contribution >= 4 is 17.4 Å². The van der Waals surface area contributed by atoms with Gasteiger partial charge in [0.1, 0.15) is 11.0 Å². The summed E-state index contributed by atoms with van der Waals surface area (Å²) in [5, 5.41) is 3.73. The highest BCUT2D eigenvalue weighted by Gasteiger charge is 2.05. The number of aryl methyl sites for hydroxylation is 1. The predicted molar refractivity (Wildman–Crippen MR) is 91.0 cm³/mol. The summed E-state index contributed by atoms with van der Waals surface area (Å²) in [4.78, 5) is 8.81. The predicted octanol–water partition coefficient (Wildman–Crippen LogP) is 4.72. The lowest BCUT2D eigenvalue weighted by Gasteiger charge is -2.08. The molecule has 0 atom stereocenters. The van der Waals surface area contributed by atoms with Gasteiger partial charge in [-0.25, -0.2) is 9.97 Å². The lowest BCUT2D eigenvalue weighted by molar-refractivity contribution is 1.08. The van der Waals surface area contributed by atoms with Gasteiger partial charge in [0.25, 0.3) is 0 Å². The van der Waals surface area contributed by atoms with Crippen molar-refractivity contribution in [3.8, 4) is 11.4 Å². The molecule has 0 saturated heterocycles. The molecule has 3 aromatic rings. The van der Waals surface area contributed by atoms with Crippen LogP contribution >= 0.6 is 11.6 Å². The van der Waals surface area contributed by atoms with Crippen molar-refractivity contribution in [2.45, 2.75) is 13.5 Å². The van der Waals surface area contributed by atoms with E-state index in [0.29, 0.717) is 17.5 Å². The number of halogens is 1. The van der Waals surface area contributed by atoms with Gasteiger partial charge in [0.05, 0.1) is 0 Å². The molecule has 1 N–H and O–H groups in total. The zero-order chi connectivity index (χ0) is 15.4. The summed E-state index contributed by atoms with van der Waals surface area (Å²) < 4.78 is 0. The van der Waals surface area contributed by atoms with E-state index in [0.717, 1.165) is 11.4 Å². The maximum atomic E-state index is 6.11. The summed E-state index contributed by atoms with van der Waals surface area (Å²) in [7, 11) is 0. The first-order valence-corrected chi connectivity index (χ1v) is 7.48. The van der Waals surface area contributed by atoms with E-state index in [9.17, 15) is 0 Å². The Labute approximate surface area is 135 Å². The maximum absolute atomic E-state index is 6.11. The van der Waals surface area contributed by atoms with Gasteiger partial charge in [0, 0.05) is 18.2 Å². The van der Waals surface area contributed by atoms with Crippen LogP contribution in [0.2, 0.25) is 5.15 Å². The van der Waals surface area contributed by atoms with Gasteiger partial charge in [-0.15, -0.1) is 0 Å². The number of nitrogens with zero attached hydrogens (tertiary/aromatic N) is 2. The Hall–Kier alpha value is -2.39. The van der Waals surface area contributed by atoms with Crippen molar-refractivity contribution in [2.24, 2.45) is 0 Å². The maximum Gasteiger partial charge on any atom is 0.163 e. The van der Waals surface area contributed by atoms with Crippen LogP contribution in [-0.2, 0) is 6.54 Å². The first-order valence-electron chi connectivity index (χ1n) is 7.10. The van der Waals surface area contributed by atoms with E-state index in [1.165, 1.54) is 11.1 Å². The van der Waals surface area contributed by atoms with Crippen LogP contribution in [-0.4, -0.2) is 9.97 Å². The second kappa shape index (κ2) is 6.58. The molecule has 0 amide bonds. The SMILES string of the molecule is Cc1ccc(CNc2cc(Cl)nc(-c3ccccc3)n2)cc1. The Kier molecular flexibility index (Phi) is 4.35. The van der Waals surface area contributed by atoms with Gasteiger partial charge in [0.15, 0.2) is 5.82 Å². The van der Waals surface area contributed by atoms with Gasteiger partial charge in [-0.05, 0) is 12.5 Å². The zero-order valence-corrected chi connectivity index (χ0v) is 13.0. The van der Waals surface area contributed by atoms with Gasteiger partial charge in [-0.3, -0.25) is 0 Å². The quantitative estimate of drug-likeness (QED) is 0.709. The molecule has 4 heteroatoms. The third-order valence-corrected chi connectivity index (χ3v) is 3.51. The summed E-state index contributed by atoms with van der Waals surface area (Å²) >= 11 is 6.11. The summed E-state index contributed by atoms with van der Waals surface area (Å²) in [6, 6.07) is 19.9. The van der Waals surface area contributed by atoms with Crippen molar-refractivity contribution < 1.29 is 0 Å². The number of hydrogen-bond donors (Lipinski definition) is 1. The van der Waals surface area contributed by atoms with Crippen LogP contribution < -0.4 is 5.32 Å². The Bertz CT molecular complexity index is 755. The average Bonchev–Trinajstić information content (AvgIpc) is 2.55. The molecule has 0 radical (unpaired) electrons. The van der Waals surface area contributed by atoms with E-state index in [4.69, 9.17) is 11.6 Å². The summed E-state index contributed by atoms with van der Waals surface area (Å²) in [6.07, 6.45) is 0. The van der Waals surface area contributed by atoms with Gasteiger partial charge < -0.3 is 5.32 Å². The Morgan fingerprint density at radius 2 is 1.68 bits per heavy atom. The Balaban J connectivity index is 1.79. The highest BCUT2D eigenvalue weighted by molar-refractivity contribution is 6.29. The van der Waals surface area contributed by atoms with Crippen LogP contribution in [0, 0.1) is 6.92 Å². The molecule has 22 heavy (non-hydrogen) atoms. The number of nitrogens with one attached hydrogen (secondary N) is 1. The number of benzene rings is 2. The van der Waals surface area contributed by atoms with Crippen molar-refractivity contribution in [1.82, 2.24) is 9.97 Å². The fourth-order valence-electron chi connectivity index (χ4n) is 2.12. The average molecular weight is 310 g/mol. The second-order valence-corrected chi connectivity index (χ2v) is 5.49. The van der Waals surface area contributed by atoms with Crippen molar-refractivity contribution in [3.63, 3.8) is 0 Å². The minimum atomic E-state index is 0.431. The molecular formula is C18H16ClN3. The van der Waals surface area contributed by atoms with Gasteiger partial charge in [-0.1, -0.05) is 71.8 Å². The lowest BCUT2D eigenvalue weighted by atomic mass is 10.1. The molecule has 2 aromatic carbocycles. The largest absolute Gasteiger partial charge is 0.366 e. The molecule has 0 aliphatic rings. The fraction of sp³-hybridized carbons (Fsp3) is 0.111. The first kappa shape index (κ1) is 14.5. The van der Waals surface area contributed by atoms with Crippen molar-refractivity contribution in [1.29, 1.82) is 0 Å². The molecule has 0 bridgehead atoms. The molecule has 0 aliphatic carbocycles. The first-order chi connectivity index (χ1) is 10.7. The number of hydrogen-bond acceptors (Lipinski definition) is 3. The van der Waals surface area contributed by atoms with Crippen LogP contribution in [0.25, 0.3) is 11.4 Å². The second-order valence-electron chi connectivity index (χ2n) is 5.10. The minimum absolute atomic E-state index is 0.431. The third-order valence-electron chi connectivity index (χ3n) is 3.32. The minimum Gasteiger partial charge on any atom is -0.366 e. The van der Waals surface area contributed by atoms with E-state index in [2.05, 4.69) is 46.5 Å². The summed E-state index contributed by atoms with van der Waals surface area (Å²) in [6.45, 7) is 2.77. The molecule has 0 aliphatic heterocycles. The Morgan fingerprint density at radius 3 is 2.41 bits per heavy atom. The van der Waals surface area contributed by atoms with Crippen LogP contribution in [0.15, 0.2) is 60.7 Å². The van der Waals surface area contributed by atoms with Gasteiger partial charge >= 0.3 is 0 Å². The van der Waals surface area contributed by atoms with E-state index in [-0.39, 0.29) is 0 Å². The highest BCUT2D eigenvalue weighted by Crippen LogP contribution is 2.20. The molecule has 0 unspecified atom stereocenters. The van der Waals surface area contributed by atoms with Gasteiger partial charge in [0.2, 0.25) is 0 Å². The summed E-state index contributed by atoms with van der Waals surface area (Å²) in [5.41, 5.74) is 3.39. The molecule has 3 rings (SSSR count). The molecule has 0 saturated carbocycles. The topological polar surface area (TPSA) is 37.8 Å².